The van der Waals surface area contributed by atoms with Gasteiger partial charge in [0.1, 0.15) is 0 Å². The van der Waals surface area contributed by atoms with Crippen molar-refractivity contribution in [2.75, 3.05) is 0 Å². The largest absolute Gasteiger partial charge is 0.388 e. The molecule has 1 heterocycles. The molecule has 2 rings (SSSR count). The zero-order chi connectivity index (χ0) is 9.42. The summed E-state index contributed by atoms with van der Waals surface area (Å²) in [5, 5.41) is 9.74. The van der Waals surface area contributed by atoms with Crippen LogP contribution >= 0.6 is 22.6 Å². The topological polar surface area (TPSA) is 33.1 Å². The maximum Gasteiger partial charge on any atom is 0.219 e. The zero-order valence-corrected chi connectivity index (χ0v) is 9.03. The number of hydrogen-bond acceptors (Lipinski definition) is 2. The lowest BCUT2D eigenvalue weighted by atomic mass is 10.1. The second kappa shape index (κ2) is 3.49. The summed E-state index contributed by atoms with van der Waals surface area (Å²) in [6.07, 6.45) is 2.73. The normalized spacial score (nSPS) is 18.7. The lowest BCUT2D eigenvalue weighted by Crippen LogP contribution is -2.06. The number of hydrogen-bond donors (Lipinski definition) is 1. The van der Waals surface area contributed by atoms with E-state index < -0.39 is 12.1 Å². The van der Waals surface area contributed by atoms with Gasteiger partial charge in [0.05, 0.1) is 6.10 Å². The van der Waals surface area contributed by atoms with Gasteiger partial charge < -0.3 is 5.11 Å². The molecule has 1 saturated carbocycles. The summed E-state index contributed by atoms with van der Waals surface area (Å²) >= 11 is 2.02. The van der Waals surface area contributed by atoms with Crippen molar-refractivity contribution < 1.29 is 9.50 Å². The first-order valence-electron chi connectivity index (χ1n) is 4.18. The Morgan fingerprint density at radius 3 is 2.85 bits per heavy atom. The molecule has 1 aromatic heterocycles. The predicted octanol–water partition coefficient (Wildman–Crippen LogP) is 2.27. The molecule has 0 radical (unpaired) electrons. The highest BCUT2D eigenvalue weighted by Gasteiger charge is 2.33. The van der Waals surface area contributed by atoms with Crippen molar-refractivity contribution in [3.05, 3.63) is 27.3 Å². The second-order valence-corrected chi connectivity index (χ2v) is 4.44. The first-order chi connectivity index (χ1) is 6.20. The summed E-state index contributed by atoms with van der Waals surface area (Å²) in [4.78, 5) is 3.54. The van der Waals surface area contributed by atoms with E-state index in [4.69, 9.17) is 0 Å². The van der Waals surface area contributed by atoms with Crippen LogP contribution in [0.5, 0.6) is 0 Å². The Morgan fingerprint density at radius 1 is 1.62 bits per heavy atom. The monoisotopic (exact) mass is 293 g/mol. The van der Waals surface area contributed by atoms with Gasteiger partial charge in [0, 0.05) is 15.3 Å². The molecular formula is C9H9FINO. The average Bonchev–Trinajstić information content (AvgIpc) is 2.85. The summed E-state index contributed by atoms with van der Waals surface area (Å²) in [7, 11) is 0. The summed E-state index contributed by atoms with van der Waals surface area (Å²) in [5.41, 5.74) is 0.366. The molecule has 1 aliphatic carbocycles. The quantitative estimate of drug-likeness (QED) is 0.670. The molecule has 0 amide bonds. The van der Waals surface area contributed by atoms with E-state index in [2.05, 4.69) is 4.98 Å². The van der Waals surface area contributed by atoms with Gasteiger partial charge in [-0.15, -0.1) is 0 Å². The van der Waals surface area contributed by atoms with Gasteiger partial charge in [0.15, 0.2) is 0 Å². The van der Waals surface area contributed by atoms with Gasteiger partial charge in [-0.3, -0.25) is 0 Å². The third kappa shape index (κ3) is 1.83. The first-order valence-corrected chi connectivity index (χ1v) is 5.26. The molecule has 1 aromatic rings. The second-order valence-electron chi connectivity index (χ2n) is 3.28. The van der Waals surface area contributed by atoms with Gasteiger partial charge in [0.2, 0.25) is 5.95 Å². The minimum atomic E-state index is -0.666. The van der Waals surface area contributed by atoms with Gasteiger partial charge in [-0.2, -0.15) is 4.39 Å². The molecule has 0 bridgehead atoms. The Labute approximate surface area is 89.3 Å². The van der Waals surface area contributed by atoms with E-state index in [9.17, 15) is 9.50 Å². The maximum atomic E-state index is 13.2. The van der Waals surface area contributed by atoms with Crippen molar-refractivity contribution in [3.8, 4) is 0 Å². The van der Waals surface area contributed by atoms with E-state index in [1.165, 1.54) is 6.20 Å². The molecule has 1 aliphatic rings. The summed E-state index contributed by atoms with van der Waals surface area (Å²) in [6, 6.07) is 1.71. The van der Waals surface area contributed by atoms with E-state index in [1.54, 1.807) is 6.07 Å². The van der Waals surface area contributed by atoms with E-state index in [0.717, 1.165) is 16.4 Å². The lowest BCUT2D eigenvalue weighted by molar-refractivity contribution is 0.147. The van der Waals surface area contributed by atoms with Gasteiger partial charge in [-0.1, -0.05) is 0 Å². The highest BCUT2D eigenvalue weighted by atomic mass is 127. The number of rotatable bonds is 2. The van der Waals surface area contributed by atoms with E-state index in [0.29, 0.717) is 5.56 Å². The Balaban J connectivity index is 2.36. The van der Waals surface area contributed by atoms with Crippen LogP contribution in [0.1, 0.15) is 24.5 Å². The summed E-state index contributed by atoms with van der Waals surface area (Å²) in [6.45, 7) is 0. The van der Waals surface area contributed by atoms with E-state index in [-0.39, 0.29) is 5.92 Å². The third-order valence-electron chi connectivity index (χ3n) is 2.25. The van der Waals surface area contributed by atoms with Gasteiger partial charge in [-0.05, 0) is 47.4 Å². The van der Waals surface area contributed by atoms with Crippen molar-refractivity contribution in [2.24, 2.45) is 5.92 Å². The molecule has 0 spiro atoms. The predicted molar refractivity (Wildman–Crippen MR) is 54.6 cm³/mol. The van der Waals surface area contributed by atoms with Crippen molar-refractivity contribution >= 4 is 22.6 Å². The van der Waals surface area contributed by atoms with Crippen LogP contribution in [0.25, 0.3) is 0 Å². The average molecular weight is 293 g/mol. The van der Waals surface area contributed by atoms with Crippen LogP contribution in [-0.4, -0.2) is 10.1 Å². The molecule has 1 unspecified atom stereocenters. The SMILES string of the molecule is OC(c1c(I)ccnc1F)C1CC1. The van der Waals surface area contributed by atoms with Crippen LogP contribution in [0.3, 0.4) is 0 Å². The van der Waals surface area contributed by atoms with Gasteiger partial charge in [-0.25, -0.2) is 4.98 Å². The number of aliphatic hydroxyl groups excluding tert-OH is 1. The standard InChI is InChI=1S/C9H9FINO/c10-9-7(6(11)3-4-12-9)8(13)5-1-2-5/h3-5,8,13H,1-2H2. The van der Waals surface area contributed by atoms with Crippen LogP contribution in [0.15, 0.2) is 12.3 Å². The van der Waals surface area contributed by atoms with Crippen LogP contribution in [-0.2, 0) is 0 Å². The highest BCUT2D eigenvalue weighted by Crippen LogP contribution is 2.42. The smallest absolute Gasteiger partial charge is 0.219 e. The molecule has 0 aliphatic heterocycles. The number of halogens is 2. The maximum absolute atomic E-state index is 13.2. The minimum Gasteiger partial charge on any atom is -0.388 e. The van der Waals surface area contributed by atoms with E-state index in [1.807, 2.05) is 22.6 Å². The van der Waals surface area contributed by atoms with Crippen molar-refractivity contribution in [3.63, 3.8) is 0 Å². The Kier molecular flexibility index (Phi) is 2.51. The Morgan fingerprint density at radius 2 is 2.31 bits per heavy atom. The number of nitrogens with zero attached hydrogens (tertiary/aromatic N) is 1. The zero-order valence-electron chi connectivity index (χ0n) is 6.87. The Bertz CT molecular complexity index is 307. The number of aromatic nitrogens is 1. The Hall–Kier alpha value is -0.230. The molecule has 2 nitrogen and oxygen atoms in total. The number of pyridine rings is 1. The third-order valence-corrected chi connectivity index (χ3v) is 3.19. The lowest BCUT2D eigenvalue weighted by Gasteiger charge is -2.11. The van der Waals surface area contributed by atoms with Crippen molar-refractivity contribution in [1.29, 1.82) is 0 Å². The first kappa shape index (κ1) is 9.33. The number of aliphatic hydroxyl groups is 1. The van der Waals surface area contributed by atoms with Crippen LogP contribution in [0.2, 0.25) is 0 Å². The van der Waals surface area contributed by atoms with Crippen LogP contribution < -0.4 is 0 Å². The summed E-state index contributed by atoms with van der Waals surface area (Å²) in [5.74, 6) is -0.293. The van der Waals surface area contributed by atoms with Crippen molar-refractivity contribution in [1.82, 2.24) is 4.98 Å². The fraction of sp³-hybridized carbons (Fsp3) is 0.444. The molecule has 0 saturated heterocycles. The molecule has 13 heavy (non-hydrogen) atoms. The molecule has 4 heteroatoms. The molecule has 1 fully saturated rings. The highest BCUT2D eigenvalue weighted by molar-refractivity contribution is 14.1. The molecule has 1 atom stereocenters. The summed E-state index contributed by atoms with van der Waals surface area (Å²) < 4.78 is 14.0. The van der Waals surface area contributed by atoms with Crippen molar-refractivity contribution in [2.45, 2.75) is 18.9 Å². The fourth-order valence-corrected chi connectivity index (χ4v) is 2.04. The minimum absolute atomic E-state index is 0.243. The molecular weight excluding hydrogens is 284 g/mol. The fourth-order valence-electron chi connectivity index (χ4n) is 1.34. The van der Waals surface area contributed by atoms with E-state index >= 15 is 0 Å². The van der Waals surface area contributed by atoms with Gasteiger partial charge >= 0.3 is 0 Å². The van der Waals surface area contributed by atoms with Gasteiger partial charge in [0.25, 0.3) is 0 Å². The molecule has 70 valence electrons. The van der Waals surface area contributed by atoms with Crippen LogP contribution in [0.4, 0.5) is 4.39 Å². The molecule has 1 N–H and O–H groups in total. The van der Waals surface area contributed by atoms with Crippen LogP contribution in [0, 0.1) is 15.4 Å². The molecule has 0 aromatic carbocycles.